The average molecular weight is 1320 g/mol. The summed E-state index contributed by atoms with van der Waals surface area (Å²) in [4.78, 5) is 0. The predicted molar refractivity (Wildman–Crippen MR) is 415 cm³/mol. The molecule has 5 aromatic carbocycles. The largest absolute Gasteiger partial charge is 0.212 e. The van der Waals surface area contributed by atoms with Crippen LogP contribution in [0.4, 0.5) is 0 Å². The first kappa shape index (κ1) is 68.4. The Hall–Kier alpha value is -8.15. The van der Waals surface area contributed by atoms with E-state index in [0.717, 1.165) is 58.8 Å². The van der Waals surface area contributed by atoms with Gasteiger partial charge in [-0.2, -0.15) is 0 Å². The molecule has 0 saturated heterocycles. The molecule has 0 amide bonds. The molecule has 2 fully saturated rings. The van der Waals surface area contributed by atoms with Crippen LogP contribution in [0.25, 0.3) is 56.3 Å². The highest BCUT2D eigenvalue weighted by molar-refractivity contribution is 5.65. The van der Waals surface area contributed by atoms with Crippen LogP contribution in [0.3, 0.4) is 0 Å². The van der Waals surface area contributed by atoms with Crippen molar-refractivity contribution >= 4 is 0 Å². The molecule has 0 atom stereocenters. The Bertz CT molecular complexity index is 4320. The number of benzene rings is 5. The number of aromatic nitrogens is 5. The lowest BCUT2D eigenvalue weighted by atomic mass is 9.87. The Morgan fingerprint density at radius 1 is 0.347 bits per heavy atom. The van der Waals surface area contributed by atoms with Crippen LogP contribution in [-0.4, -0.2) is 0 Å². The summed E-state index contributed by atoms with van der Waals surface area (Å²) in [6.45, 7) is 36.0. The van der Waals surface area contributed by atoms with E-state index in [-0.39, 0.29) is 17.7 Å². The molecule has 0 N–H and O–H groups in total. The minimum atomic E-state index is -1.31. The summed E-state index contributed by atoms with van der Waals surface area (Å²) in [5.74, 6) is 0.305. The molecule has 0 aliphatic heterocycles. The third-order valence-corrected chi connectivity index (χ3v) is 19.7. The lowest BCUT2D eigenvalue weighted by Gasteiger charge is -2.19. The van der Waals surface area contributed by atoms with Crippen molar-refractivity contribution in [1.29, 1.82) is 0 Å². The maximum Gasteiger partial charge on any atom is 0.212 e. The maximum atomic E-state index is 8.76. The van der Waals surface area contributed by atoms with E-state index in [4.69, 9.17) is 6.85 Å². The van der Waals surface area contributed by atoms with Gasteiger partial charge in [-0.1, -0.05) is 165 Å². The first-order valence-corrected chi connectivity index (χ1v) is 36.3. The monoisotopic (exact) mass is 1310 g/mol. The van der Waals surface area contributed by atoms with Crippen molar-refractivity contribution in [3.05, 3.63) is 266 Å². The van der Waals surface area contributed by atoms with E-state index in [1.165, 1.54) is 139 Å². The minimum absolute atomic E-state index is 0.0551. The van der Waals surface area contributed by atoms with E-state index in [0.29, 0.717) is 5.41 Å². The van der Waals surface area contributed by atoms with Gasteiger partial charge in [0.05, 0.1) is 0 Å². The second-order valence-electron chi connectivity index (χ2n) is 30.2. The van der Waals surface area contributed by atoms with Crippen LogP contribution < -0.4 is 22.8 Å². The Kier molecular flexibility index (Phi) is 24.1. The Morgan fingerprint density at radius 2 is 0.602 bits per heavy atom. The smallest absolute Gasteiger partial charge is 0.201 e. The highest BCUT2D eigenvalue weighted by atomic mass is 14.9. The Balaban J connectivity index is 0.000000163. The molecular weight excluding hydrogens is 1190 g/mol. The van der Waals surface area contributed by atoms with E-state index in [1.807, 2.05) is 101 Å². The number of rotatable bonds is 12. The topological polar surface area (TPSA) is 19.4 Å². The van der Waals surface area contributed by atoms with Gasteiger partial charge in [-0.15, -0.1) is 0 Å². The van der Waals surface area contributed by atoms with E-state index in [2.05, 4.69) is 257 Å². The van der Waals surface area contributed by atoms with Gasteiger partial charge in [0.25, 0.3) is 0 Å². The van der Waals surface area contributed by atoms with Gasteiger partial charge in [0.15, 0.2) is 31.0 Å². The van der Waals surface area contributed by atoms with Crippen molar-refractivity contribution in [2.45, 2.75) is 200 Å². The average Bonchev–Trinajstić information content (AvgIpc) is 1.53. The highest BCUT2D eigenvalue weighted by Crippen LogP contribution is 2.38. The third kappa shape index (κ3) is 20.0. The van der Waals surface area contributed by atoms with E-state index >= 15 is 0 Å². The van der Waals surface area contributed by atoms with Crippen LogP contribution in [-0.2, 0) is 54.4 Å². The third-order valence-electron chi connectivity index (χ3n) is 19.7. The molecule has 10 aromatic rings. The quantitative estimate of drug-likeness (QED) is 0.109. The molecule has 5 aromatic heterocycles. The molecule has 2 aliphatic carbocycles. The second kappa shape index (κ2) is 34.6. The van der Waals surface area contributed by atoms with Gasteiger partial charge in [0.1, 0.15) is 35.2 Å². The fraction of sp³-hybridized carbons (Fsp3) is 0.409. The summed E-state index contributed by atoms with van der Waals surface area (Å²) >= 11 is 0. The maximum absolute atomic E-state index is 8.76. The minimum Gasteiger partial charge on any atom is -0.201 e. The number of hydrogen-bond donors (Lipinski definition) is 0. The number of aryl methyl sites for hydroxylation is 15. The molecule has 0 spiro atoms. The van der Waals surface area contributed by atoms with Crippen molar-refractivity contribution < 1.29 is 29.7 Å². The summed E-state index contributed by atoms with van der Waals surface area (Å²) in [6, 6.07) is 53.5. The van der Waals surface area contributed by atoms with Gasteiger partial charge in [-0.05, 0) is 229 Å². The molecule has 0 bridgehead atoms. The predicted octanol–water partition coefficient (Wildman–Crippen LogP) is 21.3. The second-order valence-corrected chi connectivity index (χ2v) is 30.2. The first-order valence-electron chi connectivity index (χ1n) is 38.8. The number of hydrogen-bond acceptors (Lipinski definition) is 0. The molecular formula is C93H122N5+5. The lowest BCUT2D eigenvalue weighted by Crippen LogP contribution is -2.32. The molecule has 98 heavy (non-hydrogen) atoms. The molecule has 12 rings (SSSR count). The van der Waals surface area contributed by atoms with Crippen molar-refractivity contribution in [1.82, 2.24) is 0 Å². The van der Waals surface area contributed by atoms with Crippen LogP contribution in [0.1, 0.15) is 202 Å². The molecule has 5 heterocycles. The van der Waals surface area contributed by atoms with Crippen LogP contribution in [0.15, 0.2) is 183 Å². The zero-order chi connectivity index (χ0) is 75.6. The summed E-state index contributed by atoms with van der Waals surface area (Å²) in [6.07, 6.45) is 19.1. The summed E-state index contributed by atoms with van der Waals surface area (Å²) < 4.78 is 52.9. The van der Waals surface area contributed by atoms with Gasteiger partial charge in [0, 0.05) is 92.8 Å². The molecule has 5 nitrogen and oxygen atoms in total. The molecule has 2 aliphatic rings. The van der Waals surface area contributed by atoms with Crippen LogP contribution >= 0.6 is 0 Å². The number of nitrogens with zero attached hydrogens (tertiary/aromatic N) is 5. The summed E-state index contributed by atoms with van der Waals surface area (Å²) in [5, 5.41) is 0. The molecule has 514 valence electrons. The number of pyridine rings is 5. The van der Waals surface area contributed by atoms with Gasteiger partial charge >= 0.3 is 0 Å². The Labute approximate surface area is 601 Å². The van der Waals surface area contributed by atoms with E-state index in [9.17, 15) is 0 Å². The summed E-state index contributed by atoms with van der Waals surface area (Å²) in [5.41, 5.74) is 31.0. The molecule has 2 saturated carbocycles. The van der Waals surface area contributed by atoms with Crippen molar-refractivity contribution in [2.24, 2.45) is 52.5 Å². The zero-order valence-electron chi connectivity index (χ0n) is 69.2. The summed E-state index contributed by atoms with van der Waals surface area (Å²) in [7, 11) is 10.4. The van der Waals surface area contributed by atoms with E-state index < -0.39 is 12.7 Å². The standard InChI is InChI=1S/2C19H24N.C19H26N.2C18H24N/c2*1-14-8-4-7-11-17(14)19-12-15(2)18(13-20(19)3)16-9-5-6-10-16;1-14-9-7-8-10-17(14)18-11-15(2)16(13-20(18)6)12-19(3,4)5;2*1-13(2)10-16-12-19(5)18(11-15(16)4)17-9-7-6-8-14(17)3/h2*4,7-8,11-13,16H,5-6,9-10H2,1-3H3;7-11,13H,12H2,1-6H3;2*6-9,11-13H,10H2,1-5H3/q5*+1/i16D;;;2*10D2. The van der Waals surface area contributed by atoms with Crippen molar-refractivity contribution in [3.63, 3.8) is 0 Å². The lowest BCUT2D eigenvalue weighted by molar-refractivity contribution is -0.661. The van der Waals surface area contributed by atoms with E-state index in [1.54, 1.807) is 5.56 Å². The Morgan fingerprint density at radius 3 is 0.908 bits per heavy atom. The highest BCUT2D eigenvalue weighted by Gasteiger charge is 2.27. The molecule has 5 heteroatoms. The van der Waals surface area contributed by atoms with Crippen molar-refractivity contribution in [3.8, 4) is 56.3 Å². The fourth-order valence-corrected chi connectivity index (χ4v) is 14.3. The van der Waals surface area contributed by atoms with Crippen LogP contribution in [0.5, 0.6) is 0 Å². The fourth-order valence-electron chi connectivity index (χ4n) is 14.3. The van der Waals surface area contributed by atoms with Gasteiger partial charge < -0.3 is 0 Å². The zero-order valence-corrected chi connectivity index (χ0v) is 64.2. The van der Waals surface area contributed by atoms with Gasteiger partial charge in [-0.25, -0.2) is 22.8 Å². The molecule has 0 radical (unpaired) electrons. The SMILES string of the molecule is Cc1cc(-c2ccccc2C)[n+](C)cc1CC(C)(C)C.Cc1ccccc1-c1cc(C)c(C2CCCC2)c[n+]1C.[2H]C([2H])(c1c[n+](C)c(-c2ccccc2C)cc1C)C(C)C.[2H]C([2H])(c1c[n+](C)c(-c2ccccc2C)cc1C)C(C)C.[2H]C1(c2c[n+](C)c(-c3ccccc3C)cc2C)CCCC1. The van der Waals surface area contributed by atoms with Crippen molar-refractivity contribution in [2.75, 3.05) is 0 Å². The van der Waals surface area contributed by atoms with Crippen LogP contribution in [0.2, 0.25) is 0 Å². The normalized spacial score (nSPS) is 14.5. The van der Waals surface area contributed by atoms with Crippen LogP contribution in [0, 0.1) is 86.5 Å². The molecule has 0 unspecified atom stereocenters. The first-order chi connectivity index (χ1) is 48.4. The van der Waals surface area contributed by atoms with Gasteiger partial charge in [-0.3, -0.25) is 0 Å². The van der Waals surface area contributed by atoms with Gasteiger partial charge in [0.2, 0.25) is 28.5 Å².